The van der Waals surface area contributed by atoms with Crippen LogP contribution in [0.4, 0.5) is 0 Å². The summed E-state index contributed by atoms with van der Waals surface area (Å²) < 4.78 is 5.40. The fourth-order valence-corrected chi connectivity index (χ4v) is 1.90. The predicted octanol–water partition coefficient (Wildman–Crippen LogP) is 2.84. The summed E-state index contributed by atoms with van der Waals surface area (Å²) in [6, 6.07) is 10.7. The van der Waals surface area contributed by atoms with Gasteiger partial charge in [0, 0.05) is 6.54 Å². The third kappa shape index (κ3) is 2.79. The summed E-state index contributed by atoms with van der Waals surface area (Å²) >= 11 is 3.15. The number of halogens is 1. The average Bonchev–Trinajstić information content (AvgIpc) is 2.82. The third-order valence-electron chi connectivity index (χ3n) is 2.37. The van der Waals surface area contributed by atoms with Gasteiger partial charge in [0.25, 0.3) is 5.91 Å². The number of furan rings is 1. The zero-order valence-corrected chi connectivity index (χ0v) is 10.9. The van der Waals surface area contributed by atoms with E-state index in [0.717, 1.165) is 5.56 Å². The first-order chi connectivity index (χ1) is 8.70. The lowest BCUT2D eigenvalue weighted by Crippen LogP contribution is -2.22. The highest BCUT2D eigenvalue weighted by Crippen LogP contribution is 2.17. The lowest BCUT2D eigenvalue weighted by molar-refractivity contribution is 0.0949. The van der Waals surface area contributed by atoms with Crippen molar-refractivity contribution in [3.8, 4) is 6.07 Å². The molecule has 0 unspecified atom stereocenters. The Morgan fingerprint density at radius 1 is 1.44 bits per heavy atom. The van der Waals surface area contributed by atoms with Crippen LogP contribution in [0.2, 0.25) is 0 Å². The summed E-state index contributed by atoms with van der Waals surface area (Å²) in [7, 11) is 0. The van der Waals surface area contributed by atoms with Crippen molar-refractivity contribution in [1.29, 1.82) is 5.26 Å². The van der Waals surface area contributed by atoms with Gasteiger partial charge in [-0.3, -0.25) is 4.79 Å². The number of nitriles is 1. The number of nitrogens with one attached hydrogen (secondary N) is 1. The van der Waals surface area contributed by atoms with E-state index in [9.17, 15) is 4.79 Å². The van der Waals surface area contributed by atoms with Gasteiger partial charge in [-0.15, -0.1) is 0 Å². The van der Waals surface area contributed by atoms with Crippen LogP contribution in [0.25, 0.3) is 0 Å². The Bertz CT molecular complexity index is 613. The fourth-order valence-electron chi connectivity index (χ4n) is 1.48. The molecule has 0 aliphatic rings. The van der Waals surface area contributed by atoms with Crippen LogP contribution in [0.1, 0.15) is 21.5 Å². The molecule has 0 bridgehead atoms. The molecule has 0 spiro atoms. The number of hydrogen-bond donors (Lipinski definition) is 1. The molecule has 0 radical (unpaired) electrons. The maximum Gasteiger partial charge on any atom is 0.256 e. The molecule has 0 fully saturated rings. The Hall–Kier alpha value is -2.06. The Kier molecular flexibility index (Phi) is 3.80. The molecule has 5 heteroatoms. The Labute approximate surface area is 112 Å². The number of rotatable bonds is 3. The molecule has 1 N–H and O–H groups in total. The summed E-state index contributed by atoms with van der Waals surface area (Å²) in [5, 5.41) is 11.5. The molecular formula is C13H9BrN2O2. The molecule has 2 aromatic rings. The largest absolute Gasteiger partial charge is 0.457 e. The van der Waals surface area contributed by atoms with Crippen LogP contribution in [-0.2, 0) is 6.54 Å². The van der Waals surface area contributed by atoms with Crippen molar-refractivity contribution < 1.29 is 9.21 Å². The maximum absolute atomic E-state index is 11.8. The molecule has 2 rings (SSSR count). The molecular weight excluding hydrogens is 296 g/mol. The lowest BCUT2D eigenvalue weighted by atomic mass is 10.1. The van der Waals surface area contributed by atoms with E-state index in [1.54, 1.807) is 24.3 Å². The molecule has 0 aliphatic heterocycles. The van der Waals surface area contributed by atoms with E-state index in [2.05, 4.69) is 27.3 Å². The molecule has 0 aliphatic carbocycles. The van der Waals surface area contributed by atoms with E-state index in [1.165, 1.54) is 6.26 Å². The number of carbonyl (C=O) groups is 1. The molecule has 0 saturated heterocycles. The van der Waals surface area contributed by atoms with Crippen molar-refractivity contribution in [2.24, 2.45) is 0 Å². The van der Waals surface area contributed by atoms with Gasteiger partial charge < -0.3 is 9.73 Å². The number of carbonyl (C=O) groups excluding carboxylic acids is 1. The zero-order valence-electron chi connectivity index (χ0n) is 9.31. The normalized spacial score (nSPS) is 9.78. The van der Waals surface area contributed by atoms with Crippen molar-refractivity contribution in [2.45, 2.75) is 6.54 Å². The topological polar surface area (TPSA) is 66.0 Å². The van der Waals surface area contributed by atoms with E-state index >= 15 is 0 Å². The zero-order chi connectivity index (χ0) is 13.0. The maximum atomic E-state index is 11.8. The van der Waals surface area contributed by atoms with Gasteiger partial charge in [0.1, 0.15) is 0 Å². The number of nitrogens with zero attached hydrogens (tertiary/aromatic N) is 1. The predicted molar refractivity (Wildman–Crippen MR) is 68.7 cm³/mol. The number of benzene rings is 1. The molecule has 0 atom stereocenters. The van der Waals surface area contributed by atoms with Crippen LogP contribution in [0.15, 0.2) is 45.7 Å². The van der Waals surface area contributed by atoms with Crippen LogP contribution in [0.5, 0.6) is 0 Å². The Morgan fingerprint density at radius 2 is 2.28 bits per heavy atom. The minimum Gasteiger partial charge on any atom is -0.457 e. The van der Waals surface area contributed by atoms with Crippen molar-refractivity contribution in [2.75, 3.05) is 0 Å². The highest BCUT2D eigenvalue weighted by molar-refractivity contribution is 9.10. The molecule has 18 heavy (non-hydrogen) atoms. The van der Waals surface area contributed by atoms with E-state index in [1.807, 2.05) is 6.07 Å². The first-order valence-electron chi connectivity index (χ1n) is 5.21. The Balaban J connectivity index is 2.02. The molecule has 1 heterocycles. The van der Waals surface area contributed by atoms with E-state index < -0.39 is 0 Å². The van der Waals surface area contributed by atoms with Gasteiger partial charge >= 0.3 is 0 Å². The van der Waals surface area contributed by atoms with Gasteiger partial charge in [0.15, 0.2) is 4.67 Å². The van der Waals surface area contributed by atoms with Crippen LogP contribution in [-0.4, -0.2) is 5.91 Å². The van der Waals surface area contributed by atoms with Crippen LogP contribution in [0, 0.1) is 11.3 Å². The van der Waals surface area contributed by atoms with E-state index in [-0.39, 0.29) is 5.91 Å². The van der Waals surface area contributed by atoms with E-state index in [0.29, 0.717) is 22.3 Å². The lowest BCUT2D eigenvalue weighted by Gasteiger charge is -2.04. The summed E-state index contributed by atoms with van der Waals surface area (Å²) in [6.45, 7) is 0.367. The smallest absolute Gasteiger partial charge is 0.256 e. The monoisotopic (exact) mass is 304 g/mol. The van der Waals surface area contributed by atoms with Crippen LogP contribution >= 0.6 is 15.9 Å². The molecule has 1 aromatic heterocycles. The molecule has 90 valence electrons. The van der Waals surface area contributed by atoms with Gasteiger partial charge in [-0.1, -0.05) is 12.1 Å². The van der Waals surface area contributed by atoms with Crippen molar-refractivity contribution in [3.63, 3.8) is 0 Å². The van der Waals surface area contributed by atoms with Crippen molar-refractivity contribution in [1.82, 2.24) is 5.32 Å². The minimum atomic E-state index is -0.224. The van der Waals surface area contributed by atoms with Crippen molar-refractivity contribution in [3.05, 3.63) is 58.0 Å². The van der Waals surface area contributed by atoms with Gasteiger partial charge in [0.2, 0.25) is 0 Å². The van der Waals surface area contributed by atoms with Crippen molar-refractivity contribution >= 4 is 21.8 Å². The van der Waals surface area contributed by atoms with E-state index in [4.69, 9.17) is 9.68 Å². The first-order valence-corrected chi connectivity index (χ1v) is 6.00. The molecule has 0 saturated carbocycles. The highest BCUT2D eigenvalue weighted by atomic mass is 79.9. The van der Waals surface area contributed by atoms with Gasteiger partial charge in [0.05, 0.1) is 23.5 Å². The van der Waals surface area contributed by atoms with Crippen LogP contribution < -0.4 is 5.32 Å². The van der Waals surface area contributed by atoms with Crippen LogP contribution in [0.3, 0.4) is 0 Å². The summed E-state index contributed by atoms with van der Waals surface area (Å²) in [4.78, 5) is 11.8. The Morgan fingerprint density at radius 3 is 2.94 bits per heavy atom. The molecule has 1 aromatic carbocycles. The molecule has 1 amide bonds. The quantitative estimate of drug-likeness (QED) is 0.948. The highest BCUT2D eigenvalue weighted by Gasteiger charge is 2.11. The third-order valence-corrected chi connectivity index (χ3v) is 2.99. The van der Waals surface area contributed by atoms with Gasteiger partial charge in [-0.2, -0.15) is 5.26 Å². The molecule has 4 nitrogen and oxygen atoms in total. The van der Waals surface area contributed by atoms with Gasteiger partial charge in [-0.05, 0) is 39.7 Å². The second kappa shape index (κ2) is 5.52. The summed E-state index contributed by atoms with van der Waals surface area (Å²) in [5.74, 6) is -0.224. The SMILES string of the molecule is N#Cc1cccc(CNC(=O)c2ccoc2Br)c1. The number of amides is 1. The average molecular weight is 305 g/mol. The summed E-state index contributed by atoms with van der Waals surface area (Å²) in [5.41, 5.74) is 1.90. The second-order valence-corrected chi connectivity index (χ2v) is 4.32. The second-order valence-electron chi connectivity index (χ2n) is 3.60. The van der Waals surface area contributed by atoms with Gasteiger partial charge in [-0.25, -0.2) is 0 Å². The minimum absolute atomic E-state index is 0.224. The summed E-state index contributed by atoms with van der Waals surface area (Å²) in [6.07, 6.45) is 1.44. The fraction of sp³-hybridized carbons (Fsp3) is 0.0769. The first kappa shape index (κ1) is 12.4. The number of hydrogen-bond acceptors (Lipinski definition) is 3. The standard InChI is InChI=1S/C13H9BrN2O2/c14-12-11(4-5-18-12)13(17)16-8-10-3-1-2-9(6-10)7-15/h1-6H,8H2,(H,16,17).